The van der Waals surface area contributed by atoms with Gasteiger partial charge in [0.1, 0.15) is 6.33 Å². The quantitative estimate of drug-likeness (QED) is 0.689. The Morgan fingerprint density at radius 2 is 2.11 bits per heavy atom. The van der Waals surface area contributed by atoms with Gasteiger partial charge in [0.2, 0.25) is 5.91 Å². The summed E-state index contributed by atoms with van der Waals surface area (Å²) in [6, 6.07) is 11.8. The third-order valence-electron chi connectivity index (χ3n) is 5.43. The maximum absolute atomic E-state index is 13.1. The van der Waals surface area contributed by atoms with Crippen LogP contribution < -0.4 is 0 Å². The molecule has 3 heterocycles. The summed E-state index contributed by atoms with van der Waals surface area (Å²) in [6.07, 6.45) is 5.28. The lowest BCUT2D eigenvalue weighted by Gasteiger charge is -2.34. The average Bonchev–Trinajstić information content (AvgIpc) is 3.19. The molecule has 3 aromatic rings. The van der Waals surface area contributed by atoms with Gasteiger partial charge in [-0.25, -0.2) is 9.97 Å². The van der Waals surface area contributed by atoms with Gasteiger partial charge in [0.25, 0.3) is 0 Å². The number of rotatable bonds is 4. The van der Waals surface area contributed by atoms with Crippen molar-refractivity contribution in [1.82, 2.24) is 20.0 Å². The van der Waals surface area contributed by atoms with Gasteiger partial charge in [-0.15, -0.1) is 0 Å². The first-order valence-corrected chi connectivity index (χ1v) is 9.71. The van der Waals surface area contributed by atoms with Crippen molar-refractivity contribution in [3.8, 4) is 11.3 Å². The first-order chi connectivity index (χ1) is 13.6. The van der Waals surface area contributed by atoms with Crippen LogP contribution in [0.5, 0.6) is 0 Å². The monoisotopic (exact) mass is 376 g/mol. The van der Waals surface area contributed by atoms with Crippen LogP contribution in [0.2, 0.25) is 0 Å². The largest absolute Gasteiger partial charge is 0.356 e. The van der Waals surface area contributed by atoms with E-state index < -0.39 is 0 Å². The molecule has 6 nitrogen and oxygen atoms in total. The van der Waals surface area contributed by atoms with Crippen molar-refractivity contribution in [3.05, 3.63) is 65.9 Å². The molecule has 0 radical (unpaired) electrons. The van der Waals surface area contributed by atoms with Crippen LogP contribution in [0.25, 0.3) is 11.3 Å². The molecule has 4 rings (SSSR count). The van der Waals surface area contributed by atoms with Crippen LogP contribution in [-0.2, 0) is 4.79 Å². The van der Waals surface area contributed by atoms with E-state index in [1.807, 2.05) is 55.1 Å². The van der Waals surface area contributed by atoms with E-state index in [1.165, 1.54) is 0 Å². The second-order valence-electron chi connectivity index (χ2n) is 7.41. The van der Waals surface area contributed by atoms with E-state index >= 15 is 0 Å². The second kappa shape index (κ2) is 7.92. The molecule has 1 amide bonds. The standard InChI is InChI=1S/C22H24N4O2/c1-15-11-20(28-25-15)19-12-23-14-24-21(19)18-9-6-10-26(13-18)22(27)16(2)17-7-4-3-5-8-17/h3-5,7-8,11-12,14,16,18H,6,9-10,13H2,1-2H3/t16-,18-/m0/s1. The maximum atomic E-state index is 13.1. The first-order valence-electron chi connectivity index (χ1n) is 9.71. The van der Waals surface area contributed by atoms with Gasteiger partial charge >= 0.3 is 0 Å². The van der Waals surface area contributed by atoms with Gasteiger partial charge in [-0.2, -0.15) is 0 Å². The molecule has 1 aliphatic heterocycles. The number of benzene rings is 1. The van der Waals surface area contributed by atoms with Crippen LogP contribution in [0.4, 0.5) is 0 Å². The number of likely N-dealkylation sites (tertiary alicyclic amines) is 1. The summed E-state index contributed by atoms with van der Waals surface area (Å²) in [4.78, 5) is 23.8. The molecular formula is C22H24N4O2. The van der Waals surface area contributed by atoms with Gasteiger partial charge in [0.15, 0.2) is 5.76 Å². The minimum absolute atomic E-state index is 0.151. The van der Waals surface area contributed by atoms with Crippen molar-refractivity contribution in [3.63, 3.8) is 0 Å². The van der Waals surface area contributed by atoms with Gasteiger partial charge in [-0.05, 0) is 32.3 Å². The van der Waals surface area contributed by atoms with Gasteiger partial charge in [0.05, 0.1) is 22.9 Å². The molecule has 6 heteroatoms. The Balaban J connectivity index is 1.56. The Morgan fingerprint density at radius 3 is 2.86 bits per heavy atom. The fourth-order valence-electron chi connectivity index (χ4n) is 3.90. The van der Waals surface area contributed by atoms with Crippen LogP contribution in [0, 0.1) is 6.92 Å². The summed E-state index contributed by atoms with van der Waals surface area (Å²) in [6.45, 7) is 5.32. The summed E-state index contributed by atoms with van der Waals surface area (Å²) in [5, 5.41) is 3.98. The van der Waals surface area contributed by atoms with Crippen LogP contribution in [0.15, 0.2) is 53.4 Å². The lowest BCUT2D eigenvalue weighted by Crippen LogP contribution is -2.41. The van der Waals surface area contributed by atoms with Crippen molar-refractivity contribution in [2.75, 3.05) is 13.1 Å². The number of nitrogens with zero attached hydrogens (tertiary/aromatic N) is 4. The molecule has 0 aliphatic carbocycles. The summed E-state index contributed by atoms with van der Waals surface area (Å²) in [5.41, 5.74) is 3.66. The van der Waals surface area contributed by atoms with Gasteiger partial charge in [-0.3, -0.25) is 4.79 Å². The van der Waals surface area contributed by atoms with E-state index in [0.29, 0.717) is 12.3 Å². The zero-order chi connectivity index (χ0) is 19.5. The Bertz CT molecular complexity index is 954. The predicted octanol–water partition coefficient (Wildman–Crippen LogP) is 3.95. The number of aromatic nitrogens is 3. The molecule has 0 saturated carbocycles. The second-order valence-corrected chi connectivity index (χ2v) is 7.41. The number of carbonyl (C=O) groups is 1. The summed E-state index contributed by atoms with van der Waals surface area (Å²) >= 11 is 0. The predicted molar refractivity (Wildman–Crippen MR) is 106 cm³/mol. The number of amides is 1. The molecule has 0 N–H and O–H groups in total. The zero-order valence-electron chi connectivity index (χ0n) is 16.2. The molecule has 0 bridgehead atoms. The number of carbonyl (C=O) groups excluding carboxylic acids is 1. The Morgan fingerprint density at radius 1 is 1.29 bits per heavy atom. The highest BCUT2D eigenvalue weighted by Gasteiger charge is 2.30. The van der Waals surface area contributed by atoms with Crippen molar-refractivity contribution in [2.45, 2.75) is 38.5 Å². The molecule has 0 spiro atoms. The van der Waals surface area contributed by atoms with E-state index in [4.69, 9.17) is 4.52 Å². The van der Waals surface area contributed by atoms with Gasteiger partial charge < -0.3 is 9.42 Å². The lowest BCUT2D eigenvalue weighted by atomic mass is 9.90. The minimum Gasteiger partial charge on any atom is -0.356 e. The lowest BCUT2D eigenvalue weighted by molar-refractivity contribution is -0.133. The first kappa shape index (κ1) is 18.3. The van der Waals surface area contributed by atoms with Crippen LogP contribution in [0.3, 0.4) is 0 Å². The molecule has 1 aliphatic rings. The fourth-order valence-corrected chi connectivity index (χ4v) is 3.90. The van der Waals surface area contributed by atoms with Gasteiger partial charge in [-0.1, -0.05) is 35.5 Å². The smallest absolute Gasteiger partial charge is 0.229 e. The Kier molecular flexibility index (Phi) is 5.19. The van der Waals surface area contributed by atoms with Crippen LogP contribution in [-0.4, -0.2) is 39.0 Å². The number of hydrogen-bond donors (Lipinski definition) is 0. The molecule has 1 fully saturated rings. The van der Waals surface area contributed by atoms with Gasteiger partial charge in [0, 0.05) is 31.3 Å². The molecular weight excluding hydrogens is 352 g/mol. The van der Waals surface area contributed by atoms with Crippen LogP contribution in [0.1, 0.15) is 48.6 Å². The zero-order valence-corrected chi connectivity index (χ0v) is 16.2. The summed E-state index contributed by atoms with van der Waals surface area (Å²) in [5.74, 6) is 0.849. The molecule has 144 valence electrons. The van der Waals surface area contributed by atoms with Crippen molar-refractivity contribution >= 4 is 5.91 Å². The highest BCUT2D eigenvalue weighted by Crippen LogP contribution is 2.33. The molecule has 2 atom stereocenters. The van der Waals surface area contributed by atoms with Crippen molar-refractivity contribution in [1.29, 1.82) is 0 Å². The van der Waals surface area contributed by atoms with E-state index in [-0.39, 0.29) is 17.7 Å². The Hall–Kier alpha value is -3.02. The van der Waals surface area contributed by atoms with E-state index in [0.717, 1.165) is 41.9 Å². The van der Waals surface area contributed by atoms with E-state index in [1.54, 1.807) is 12.5 Å². The summed E-state index contributed by atoms with van der Waals surface area (Å²) in [7, 11) is 0. The Labute approximate surface area is 164 Å². The number of piperidine rings is 1. The molecule has 1 aromatic carbocycles. The number of hydrogen-bond acceptors (Lipinski definition) is 5. The number of aryl methyl sites for hydroxylation is 1. The fraction of sp³-hybridized carbons (Fsp3) is 0.364. The molecule has 0 unspecified atom stereocenters. The van der Waals surface area contributed by atoms with Crippen LogP contribution >= 0.6 is 0 Å². The molecule has 2 aromatic heterocycles. The molecule has 1 saturated heterocycles. The highest BCUT2D eigenvalue weighted by molar-refractivity contribution is 5.83. The third kappa shape index (κ3) is 3.67. The van der Waals surface area contributed by atoms with E-state index in [9.17, 15) is 4.79 Å². The van der Waals surface area contributed by atoms with E-state index in [2.05, 4.69) is 15.1 Å². The normalized spacial score (nSPS) is 18.1. The topological polar surface area (TPSA) is 72.1 Å². The molecule has 28 heavy (non-hydrogen) atoms. The third-order valence-corrected chi connectivity index (χ3v) is 5.43. The summed E-state index contributed by atoms with van der Waals surface area (Å²) < 4.78 is 5.44. The van der Waals surface area contributed by atoms with Crippen molar-refractivity contribution < 1.29 is 9.32 Å². The maximum Gasteiger partial charge on any atom is 0.229 e. The highest BCUT2D eigenvalue weighted by atomic mass is 16.5. The van der Waals surface area contributed by atoms with Crippen molar-refractivity contribution in [2.24, 2.45) is 0 Å². The average molecular weight is 376 g/mol. The minimum atomic E-state index is -0.151. The SMILES string of the molecule is Cc1cc(-c2cncnc2[C@H]2CCCN(C(=O)[C@@H](C)c3ccccc3)C2)on1.